The Labute approximate surface area is 402 Å². The first kappa shape index (κ1) is 56.3. The topological polar surface area (TPSA) is 40.6 Å². The van der Waals surface area contributed by atoms with Gasteiger partial charge in [-0.05, 0) is 36.8 Å². The Kier molecular flexibility index (Phi) is 26.4. The van der Waals surface area contributed by atoms with Crippen molar-refractivity contribution in [3.8, 4) is 0 Å². The van der Waals surface area contributed by atoms with E-state index in [9.17, 15) is 27.2 Å². The van der Waals surface area contributed by atoms with Crippen LogP contribution in [-0.2, 0) is 57.2 Å². The average Bonchev–Trinajstić information content (AvgIpc) is 4.06. The molecule has 6 rings (SSSR count). The van der Waals surface area contributed by atoms with Gasteiger partial charge in [0.25, 0.3) is 0 Å². The Morgan fingerprint density at radius 1 is 0.569 bits per heavy atom. The predicted molar refractivity (Wildman–Crippen MR) is 251 cm³/mol. The van der Waals surface area contributed by atoms with Crippen LogP contribution in [0.4, 0.5) is 17.6 Å². The van der Waals surface area contributed by atoms with Gasteiger partial charge in [-0.25, -0.2) is 41.9 Å². The average molecular weight is 923 g/mol. The third-order valence-corrected chi connectivity index (χ3v) is 10.7. The maximum Gasteiger partial charge on any atom is 4.00 e. The smallest absolute Gasteiger partial charge is 0.338 e. The number of carbonyl (C=O) groups is 2. The second kappa shape index (κ2) is 30.4. The quantitative estimate of drug-likeness (QED) is 0.0567. The SMILES string of the molecule is CCCC(C)(C)C(=O)N(CCCc1ccc(F)[c-]c1F)Cc1ccccc1.CCCC(C)(C)C(=O)N(CCCc1ccc(F)[c-]c1F)Cc1ccccc1.[C-]1=CC=CC1.[C-]1=CC=CC1.[Ti+4]. The summed E-state index contributed by atoms with van der Waals surface area (Å²) in [5.41, 5.74) is 2.13. The minimum absolute atomic E-state index is 0. The Morgan fingerprint density at radius 3 is 1.22 bits per heavy atom. The molecule has 4 nitrogen and oxygen atoms in total. The number of benzene rings is 4. The van der Waals surface area contributed by atoms with Crippen molar-refractivity contribution in [2.45, 2.75) is 119 Å². The molecular formula is C56H66F4N2O2Ti. The zero-order chi connectivity index (χ0) is 46.8. The second-order valence-corrected chi connectivity index (χ2v) is 17.2. The summed E-state index contributed by atoms with van der Waals surface area (Å²) in [6.45, 7) is 14.2. The van der Waals surface area contributed by atoms with Crippen molar-refractivity contribution >= 4 is 11.8 Å². The van der Waals surface area contributed by atoms with Gasteiger partial charge in [0.15, 0.2) is 0 Å². The van der Waals surface area contributed by atoms with Crippen LogP contribution < -0.4 is 0 Å². The van der Waals surface area contributed by atoms with E-state index >= 15 is 0 Å². The van der Waals surface area contributed by atoms with Crippen molar-refractivity contribution in [2.24, 2.45) is 10.8 Å². The maximum absolute atomic E-state index is 13.8. The number of amides is 2. The molecule has 0 unspecified atom stereocenters. The molecule has 0 radical (unpaired) electrons. The molecule has 4 aromatic rings. The molecule has 0 saturated heterocycles. The molecule has 0 saturated carbocycles. The molecule has 2 aliphatic carbocycles. The van der Waals surface area contributed by atoms with Crippen LogP contribution in [0.2, 0.25) is 0 Å². The third kappa shape index (κ3) is 21.4. The first-order valence-electron chi connectivity index (χ1n) is 22.5. The maximum atomic E-state index is 13.8. The number of carbonyl (C=O) groups excluding carboxylic acids is 2. The zero-order valence-electron chi connectivity index (χ0n) is 39.2. The van der Waals surface area contributed by atoms with Crippen molar-refractivity contribution in [3.05, 3.63) is 191 Å². The molecule has 2 aliphatic rings. The van der Waals surface area contributed by atoms with E-state index in [1.54, 1.807) is 0 Å². The fourth-order valence-electron chi connectivity index (χ4n) is 7.37. The Morgan fingerprint density at radius 2 is 0.938 bits per heavy atom. The molecule has 65 heavy (non-hydrogen) atoms. The van der Waals surface area contributed by atoms with Crippen LogP contribution in [0.25, 0.3) is 0 Å². The van der Waals surface area contributed by atoms with Gasteiger partial charge < -0.3 is 9.80 Å². The normalized spacial score (nSPS) is 12.2. The summed E-state index contributed by atoms with van der Waals surface area (Å²) in [6, 6.07) is 29.2. The Bertz CT molecular complexity index is 1940. The van der Waals surface area contributed by atoms with Gasteiger partial charge in [0.05, 0.1) is 0 Å². The number of allylic oxidation sites excluding steroid dienone is 8. The van der Waals surface area contributed by atoms with Crippen LogP contribution in [-0.4, -0.2) is 34.7 Å². The summed E-state index contributed by atoms with van der Waals surface area (Å²) >= 11 is 0. The van der Waals surface area contributed by atoms with Crippen LogP contribution >= 0.6 is 0 Å². The first-order chi connectivity index (χ1) is 30.7. The fourth-order valence-corrected chi connectivity index (χ4v) is 7.37. The summed E-state index contributed by atoms with van der Waals surface area (Å²) < 4.78 is 53.6. The molecule has 0 heterocycles. The number of rotatable bonds is 18. The summed E-state index contributed by atoms with van der Waals surface area (Å²) in [7, 11) is 0. The second-order valence-electron chi connectivity index (χ2n) is 17.2. The van der Waals surface area contributed by atoms with Gasteiger partial charge >= 0.3 is 21.7 Å². The molecule has 0 aliphatic heterocycles. The molecule has 0 spiro atoms. The van der Waals surface area contributed by atoms with Gasteiger partial charge in [0, 0.05) is 60.3 Å². The van der Waals surface area contributed by atoms with E-state index < -0.39 is 34.1 Å². The fraction of sp³-hybridized carbons (Fsp3) is 0.393. The summed E-state index contributed by atoms with van der Waals surface area (Å²) in [5.74, 6) is -2.47. The monoisotopic (exact) mass is 922 g/mol. The standard InChI is InChI=1S/2C23H28F2NO.2C5H5.Ti/c2*1-4-14-23(2,3)22(27)26(17-18-9-6-5-7-10-18)15-8-11-19-12-13-20(24)16-21(19)25;2*1-2-4-5-3-1;/h2*5-7,9-10,12-13H,4,8,11,14-15,17H2,1-3H3;2*1-3H,4H2;/q4*-1;+4. The van der Waals surface area contributed by atoms with Gasteiger partial charge in [0.1, 0.15) is 0 Å². The number of aryl methyl sites for hydroxylation is 2. The van der Waals surface area contributed by atoms with E-state index in [2.05, 4.69) is 50.3 Å². The van der Waals surface area contributed by atoms with Crippen LogP contribution in [0.1, 0.15) is 115 Å². The van der Waals surface area contributed by atoms with Gasteiger partial charge in [0.2, 0.25) is 11.8 Å². The van der Waals surface area contributed by atoms with Gasteiger partial charge in [-0.1, -0.05) is 128 Å². The molecule has 2 amide bonds. The molecule has 0 N–H and O–H groups in total. The minimum atomic E-state index is -0.696. The van der Waals surface area contributed by atoms with E-state index in [4.69, 9.17) is 0 Å². The molecule has 0 aromatic heterocycles. The molecule has 4 aromatic carbocycles. The van der Waals surface area contributed by atoms with Crippen molar-refractivity contribution in [2.75, 3.05) is 13.1 Å². The molecule has 9 heteroatoms. The minimum Gasteiger partial charge on any atom is -0.338 e. The van der Waals surface area contributed by atoms with Crippen molar-refractivity contribution < 1.29 is 48.9 Å². The number of halogens is 4. The first-order valence-corrected chi connectivity index (χ1v) is 22.5. The Balaban J connectivity index is 0.000000361. The van der Waals surface area contributed by atoms with E-state index in [1.165, 1.54) is 24.3 Å². The molecule has 0 fully saturated rings. The molecule has 344 valence electrons. The van der Waals surface area contributed by atoms with Crippen LogP contribution in [0, 0.1) is 58.4 Å². The predicted octanol–water partition coefficient (Wildman–Crippen LogP) is 13.7. The number of hydrogen-bond acceptors (Lipinski definition) is 2. The summed E-state index contributed by atoms with van der Waals surface area (Å²) in [6.07, 6.45) is 25.6. The van der Waals surface area contributed by atoms with Crippen molar-refractivity contribution in [3.63, 3.8) is 0 Å². The third-order valence-electron chi connectivity index (χ3n) is 10.7. The summed E-state index contributed by atoms with van der Waals surface area (Å²) in [4.78, 5) is 29.9. The molecular weight excluding hydrogens is 856 g/mol. The van der Waals surface area contributed by atoms with Gasteiger partial charge in [-0.15, -0.1) is 48.2 Å². The summed E-state index contributed by atoms with van der Waals surface area (Å²) in [5, 5.41) is 0. The van der Waals surface area contributed by atoms with E-state index in [1.807, 2.05) is 122 Å². The molecule has 0 atom stereocenters. The van der Waals surface area contributed by atoms with E-state index in [0.29, 0.717) is 63.0 Å². The van der Waals surface area contributed by atoms with Crippen LogP contribution in [0.3, 0.4) is 0 Å². The number of nitrogens with zero attached hydrogens (tertiary/aromatic N) is 2. The van der Waals surface area contributed by atoms with Gasteiger partial charge in [-0.2, -0.15) is 24.3 Å². The Hall–Kier alpha value is -4.79. The van der Waals surface area contributed by atoms with Crippen LogP contribution in [0.5, 0.6) is 0 Å². The van der Waals surface area contributed by atoms with E-state index in [0.717, 1.165) is 49.7 Å². The van der Waals surface area contributed by atoms with Crippen molar-refractivity contribution in [1.82, 2.24) is 9.80 Å². The molecule has 0 bridgehead atoms. The number of hydrogen-bond donors (Lipinski definition) is 0. The van der Waals surface area contributed by atoms with Crippen molar-refractivity contribution in [1.29, 1.82) is 0 Å². The van der Waals surface area contributed by atoms with E-state index in [-0.39, 0.29) is 33.5 Å². The zero-order valence-corrected chi connectivity index (χ0v) is 40.7. The van der Waals surface area contributed by atoms with Crippen LogP contribution in [0.15, 0.2) is 121 Å². The largest absolute Gasteiger partial charge is 4.00 e. The van der Waals surface area contributed by atoms with Gasteiger partial charge in [-0.3, -0.25) is 21.7 Å².